The largest absolute Gasteiger partial charge is 0.381 e. The summed E-state index contributed by atoms with van der Waals surface area (Å²) in [5.74, 6) is 0.879. The van der Waals surface area contributed by atoms with Gasteiger partial charge in [0.25, 0.3) is 0 Å². The molecule has 1 aliphatic carbocycles. The fourth-order valence-electron chi connectivity index (χ4n) is 2.62. The molecule has 3 rings (SSSR count). The maximum atomic E-state index is 11.5. The third-order valence-electron chi connectivity index (χ3n) is 3.34. The fourth-order valence-corrected chi connectivity index (χ4v) is 2.62. The molecule has 0 aromatic heterocycles. The SMILES string of the molecule is COC1C2CC1CN(C(=O)CN=[N+]=[N-])C2. The first-order valence-corrected chi connectivity index (χ1v) is 5.07. The van der Waals surface area contributed by atoms with Gasteiger partial charge >= 0.3 is 0 Å². The zero-order valence-electron chi connectivity index (χ0n) is 8.67. The molecule has 2 aliphatic heterocycles. The number of carbonyl (C=O) groups excluding carboxylic acids is 1. The van der Waals surface area contributed by atoms with Crippen LogP contribution in [-0.4, -0.2) is 43.7 Å². The minimum Gasteiger partial charge on any atom is -0.381 e. The lowest BCUT2D eigenvalue weighted by Gasteiger charge is -2.52. The van der Waals surface area contributed by atoms with Crippen LogP contribution >= 0.6 is 0 Å². The third kappa shape index (κ3) is 1.78. The van der Waals surface area contributed by atoms with E-state index in [1.165, 1.54) is 0 Å². The van der Waals surface area contributed by atoms with Gasteiger partial charge in [-0.2, -0.15) is 0 Å². The Kier molecular flexibility index (Phi) is 2.79. The molecule has 2 unspecified atom stereocenters. The molecule has 2 atom stereocenters. The summed E-state index contributed by atoms with van der Waals surface area (Å²) in [6.07, 6.45) is 1.48. The molecule has 2 saturated heterocycles. The van der Waals surface area contributed by atoms with Crippen molar-refractivity contribution in [3.05, 3.63) is 10.4 Å². The summed E-state index contributed by atoms with van der Waals surface area (Å²) < 4.78 is 5.34. The number of hydrogen-bond acceptors (Lipinski definition) is 3. The number of amides is 1. The minimum absolute atomic E-state index is 0.0619. The second kappa shape index (κ2) is 4.08. The number of azide groups is 1. The monoisotopic (exact) mass is 210 g/mol. The van der Waals surface area contributed by atoms with Gasteiger partial charge in [-0.25, -0.2) is 0 Å². The predicted molar refractivity (Wildman–Crippen MR) is 53.0 cm³/mol. The second-order valence-electron chi connectivity index (χ2n) is 4.14. The summed E-state index contributed by atoms with van der Waals surface area (Å²) in [5.41, 5.74) is 8.12. The minimum atomic E-state index is -0.0722. The van der Waals surface area contributed by atoms with E-state index in [1.54, 1.807) is 12.0 Å². The molecule has 6 heteroatoms. The van der Waals surface area contributed by atoms with Crippen LogP contribution in [0.5, 0.6) is 0 Å². The summed E-state index contributed by atoms with van der Waals surface area (Å²) in [5, 5.41) is 3.28. The third-order valence-corrected chi connectivity index (χ3v) is 3.34. The standard InChI is InChI=1S/C9H14N4O2/c1-15-9-6-2-7(9)5-13(4-6)8(14)3-11-12-10/h6-7,9H,2-5H2,1H3. The molecule has 0 radical (unpaired) electrons. The van der Waals surface area contributed by atoms with E-state index >= 15 is 0 Å². The van der Waals surface area contributed by atoms with Crippen molar-refractivity contribution in [1.29, 1.82) is 0 Å². The Labute approximate surface area is 87.8 Å². The van der Waals surface area contributed by atoms with E-state index < -0.39 is 0 Å². The van der Waals surface area contributed by atoms with Crippen LogP contribution in [0.25, 0.3) is 10.4 Å². The molecule has 82 valence electrons. The van der Waals surface area contributed by atoms with Crippen molar-refractivity contribution in [2.75, 3.05) is 26.7 Å². The van der Waals surface area contributed by atoms with Gasteiger partial charge in [-0.3, -0.25) is 4.79 Å². The molecule has 0 spiro atoms. The van der Waals surface area contributed by atoms with Gasteiger partial charge in [0.05, 0.1) is 6.10 Å². The maximum Gasteiger partial charge on any atom is 0.228 e. The van der Waals surface area contributed by atoms with Crippen LogP contribution in [0.2, 0.25) is 0 Å². The van der Waals surface area contributed by atoms with Crippen molar-refractivity contribution in [2.24, 2.45) is 17.0 Å². The molecular formula is C9H14N4O2. The summed E-state index contributed by atoms with van der Waals surface area (Å²) in [7, 11) is 1.72. The lowest BCUT2D eigenvalue weighted by molar-refractivity contribution is -0.154. The van der Waals surface area contributed by atoms with Crippen molar-refractivity contribution < 1.29 is 9.53 Å². The number of methoxy groups -OCH3 is 1. The van der Waals surface area contributed by atoms with Gasteiger partial charge in [0.2, 0.25) is 5.91 Å². The Hall–Kier alpha value is -1.26. The Bertz CT molecular complexity index is 301. The first-order valence-electron chi connectivity index (χ1n) is 5.07. The first kappa shape index (κ1) is 10.3. The number of rotatable bonds is 3. The molecule has 0 N–H and O–H groups in total. The molecule has 15 heavy (non-hydrogen) atoms. The Balaban J connectivity index is 1.88. The van der Waals surface area contributed by atoms with Crippen molar-refractivity contribution in [2.45, 2.75) is 12.5 Å². The highest BCUT2D eigenvalue weighted by atomic mass is 16.5. The van der Waals surface area contributed by atoms with Crippen molar-refractivity contribution in [3.63, 3.8) is 0 Å². The summed E-state index contributed by atoms with van der Waals surface area (Å²) >= 11 is 0. The normalized spacial score (nSPS) is 32.9. The van der Waals surface area contributed by atoms with Crippen LogP contribution in [0.1, 0.15) is 6.42 Å². The highest BCUT2D eigenvalue weighted by Gasteiger charge is 2.47. The second-order valence-corrected chi connectivity index (χ2v) is 4.14. The number of fused-ring (bicyclic) bond motifs is 2. The number of piperidine rings is 2. The Morgan fingerprint density at radius 1 is 1.60 bits per heavy atom. The maximum absolute atomic E-state index is 11.5. The number of carbonyl (C=O) groups is 1. The van der Waals surface area contributed by atoms with Crippen molar-refractivity contribution in [1.82, 2.24) is 4.90 Å². The molecule has 3 fully saturated rings. The quantitative estimate of drug-likeness (QED) is 0.392. The van der Waals surface area contributed by atoms with Crippen molar-refractivity contribution in [3.8, 4) is 0 Å². The number of hydrogen-bond donors (Lipinski definition) is 0. The fraction of sp³-hybridized carbons (Fsp3) is 0.889. The predicted octanol–water partition coefficient (Wildman–Crippen LogP) is 0.790. The molecular weight excluding hydrogens is 196 g/mol. The molecule has 1 saturated carbocycles. The highest BCUT2D eigenvalue weighted by Crippen LogP contribution is 2.41. The summed E-state index contributed by atoms with van der Waals surface area (Å²) in [4.78, 5) is 15.9. The van der Waals surface area contributed by atoms with E-state index in [0.717, 1.165) is 19.5 Å². The van der Waals surface area contributed by atoms with Gasteiger partial charge in [-0.05, 0) is 12.0 Å². The van der Waals surface area contributed by atoms with Crippen LogP contribution in [0.15, 0.2) is 5.11 Å². The van der Waals surface area contributed by atoms with Gasteiger partial charge in [0, 0.05) is 36.9 Å². The van der Waals surface area contributed by atoms with Gasteiger partial charge in [-0.1, -0.05) is 5.11 Å². The van der Waals surface area contributed by atoms with Crippen molar-refractivity contribution >= 4 is 5.91 Å². The lowest BCUT2D eigenvalue weighted by Crippen LogP contribution is -2.60. The van der Waals surface area contributed by atoms with E-state index in [-0.39, 0.29) is 12.5 Å². The molecule has 2 heterocycles. The number of ether oxygens (including phenoxy) is 1. The highest BCUT2D eigenvalue weighted by molar-refractivity contribution is 5.78. The van der Waals surface area contributed by atoms with Crippen LogP contribution < -0.4 is 0 Å². The summed E-state index contributed by atoms with van der Waals surface area (Å²) in [6, 6.07) is 0. The average Bonchev–Trinajstić information content (AvgIpc) is 2.26. The Morgan fingerprint density at radius 2 is 2.27 bits per heavy atom. The number of nitrogens with zero attached hydrogens (tertiary/aromatic N) is 4. The smallest absolute Gasteiger partial charge is 0.228 e. The van der Waals surface area contributed by atoms with Gasteiger partial charge in [0.1, 0.15) is 6.54 Å². The molecule has 0 aromatic carbocycles. The van der Waals surface area contributed by atoms with E-state index in [4.69, 9.17) is 10.3 Å². The van der Waals surface area contributed by atoms with E-state index in [1.807, 2.05) is 0 Å². The van der Waals surface area contributed by atoms with Gasteiger partial charge < -0.3 is 9.64 Å². The van der Waals surface area contributed by atoms with Crippen LogP contribution in [0.3, 0.4) is 0 Å². The van der Waals surface area contributed by atoms with Gasteiger partial charge in [-0.15, -0.1) is 0 Å². The molecule has 0 aromatic rings. The van der Waals surface area contributed by atoms with Crippen LogP contribution in [0, 0.1) is 11.8 Å². The molecule has 6 nitrogen and oxygen atoms in total. The molecule has 1 amide bonds. The average molecular weight is 210 g/mol. The Morgan fingerprint density at radius 3 is 2.80 bits per heavy atom. The van der Waals surface area contributed by atoms with E-state index in [0.29, 0.717) is 17.9 Å². The van der Waals surface area contributed by atoms with E-state index in [2.05, 4.69) is 10.0 Å². The van der Waals surface area contributed by atoms with Gasteiger partial charge in [0.15, 0.2) is 0 Å². The molecule has 2 bridgehead atoms. The van der Waals surface area contributed by atoms with E-state index in [9.17, 15) is 4.79 Å². The van der Waals surface area contributed by atoms with Crippen LogP contribution in [-0.2, 0) is 9.53 Å². The lowest BCUT2D eigenvalue weighted by atomic mass is 9.68. The summed E-state index contributed by atoms with van der Waals surface area (Å²) in [6.45, 7) is 1.43. The zero-order valence-corrected chi connectivity index (χ0v) is 8.67. The topological polar surface area (TPSA) is 78.3 Å². The van der Waals surface area contributed by atoms with Crippen LogP contribution in [0.4, 0.5) is 0 Å². The first-order chi connectivity index (χ1) is 7.26. The zero-order chi connectivity index (χ0) is 10.8. The molecule has 3 aliphatic rings.